The van der Waals surface area contributed by atoms with E-state index >= 15 is 0 Å². The first-order valence-electron chi connectivity index (χ1n) is 9.50. The topological polar surface area (TPSA) is 46.6 Å². The minimum absolute atomic E-state index is 0.313. The fourth-order valence-corrected chi connectivity index (χ4v) is 3.87. The van der Waals surface area contributed by atoms with Gasteiger partial charge in [0.1, 0.15) is 19.0 Å². The molecule has 0 amide bonds. The van der Waals surface area contributed by atoms with Gasteiger partial charge in [0.25, 0.3) is 0 Å². The van der Waals surface area contributed by atoms with Crippen LogP contribution in [0.5, 0.6) is 11.5 Å². The number of halogens is 4. The lowest BCUT2D eigenvalue weighted by atomic mass is 10.0. The van der Waals surface area contributed by atoms with E-state index in [0.29, 0.717) is 48.1 Å². The summed E-state index contributed by atoms with van der Waals surface area (Å²) in [5, 5.41) is 4.07. The van der Waals surface area contributed by atoms with Crippen LogP contribution in [0.15, 0.2) is 30.5 Å². The molecule has 9 heteroatoms. The van der Waals surface area contributed by atoms with Crippen molar-refractivity contribution in [3.8, 4) is 11.5 Å². The number of benzene rings is 1. The van der Waals surface area contributed by atoms with Crippen LogP contribution in [-0.2, 0) is 12.7 Å². The summed E-state index contributed by atoms with van der Waals surface area (Å²) in [6.07, 6.45) is -1.72. The minimum atomic E-state index is -4.36. The zero-order valence-corrected chi connectivity index (χ0v) is 16.4. The summed E-state index contributed by atoms with van der Waals surface area (Å²) in [6, 6.07) is 6.65. The molecule has 0 bridgehead atoms. The van der Waals surface area contributed by atoms with Crippen molar-refractivity contribution in [1.82, 2.24) is 10.3 Å². The Morgan fingerprint density at radius 2 is 1.90 bits per heavy atom. The van der Waals surface area contributed by atoms with Crippen LogP contribution in [-0.4, -0.2) is 37.3 Å². The van der Waals surface area contributed by atoms with E-state index in [4.69, 9.17) is 21.1 Å². The Balaban J connectivity index is 1.30. The second-order valence-electron chi connectivity index (χ2n) is 7.15. The van der Waals surface area contributed by atoms with Gasteiger partial charge >= 0.3 is 6.18 Å². The lowest BCUT2D eigenvalue weighted by molar-refractivity contribution is -0.137. The molecule has 5 nitrogen and oxygen atoms in total. The fourth-order valence-electron chi connectivity index (χ4n) is 3.58. The van der Waals surface area contributed by atoms with Gasteiger partial charge in [0.05, 0.1) is 10.6 Å². The molecule has 0 aliphatic carbocycles. The molecule has 0 spiro atoms. The van der Waals surface area contributed by atoms with E-state index < -0.39 is 11.7 Å². The molecule has 1 saturated heterocycles. The molecule has 1 N–H and O–H groups in total. The SMILES string of the molecule is FC(F)(F)c1ccc(N2CCC(NCc3cc(Cl)c4c(c3)OCCO4)CC2)nc1. The molecule has 3 heterocycles. The Bertz CT molecular complexity index is 853. The van der Waals surface area contributed by atoms with Crippen molar-refractivity contribution in [3.63, 3.8) is 0 Å². The maximum Gasteiger partial charge on any atom is 0.417 e. The number of anilines is 1. The van der Waals surface area contributed by atoms with E-state index in [-0.39, 0.29) is 0 Å². The summed E-state index contributed by atoms with van der Waals surface area (Å²) in [5.74, 6) is 1.85. The van der Waals surface area contributed by atoms with Gasteiger partial charge in [-0.25, -0.2) is 4.98 Å². The van der Waals surface area contributed by atoms with E-state index in [1.807, 2.05) is 17.0 Å². The number of aromatic nitrogens is 1. The maximum absolute atomic E-state index is 12.7. The number of alkyl halides is 3. The molecule has 2 aliphatic rings. The first kappa shape index (κ1) is 20.1. The molecule has 2 aliphatic heterocycles. The van der Waals surface area contributed by atoms with Crippen LogP contribution < -0.4 is 19.7 Å². The van der Waals surface area contributed by atoms with Crippen LogP contribution in [0.25, 0.3) is 0 Å². The van der Waals surface area contributed by atoms with Gasteiger partial charge in [0.15, 0.2) is 11.5 Å². The van der Waals surface area contributed by atoms with Crippen molar-refractivity contribution in [1.29, 1.82) is 0 Å². The van der Waals surface area contributed by atoms with Gasteiger partial charge in [-0.2, -0.15) is 13.2 Å². The van der Waals surface area contributed by atoms with Gasteiger partial charge in [-0.3, -0.25) is 0 Å². The number of nitrogens with zero attached hydrogens (tertiary/aromatic N) is 2. The summed E-state index contributed by atoms with van der Waals surface area (Å²) < 4.78 is 49.2. The van der Waals surface area contributed by atoms with Crippen molar-refractivity contribution in [3.05, 3.63) is 46.6 Å². The average Bonchev–Trinajstić information content (AvgIpc) is 2.72. The van der Waals surface area contributed by atoms with Crippen LogP contribution in [0.4, 0.5) is 19.0 Å². The van der Waals surface area contributed by atoms with E-state index in [0.717, 1.165) is 43.8 Å². The van der Waals surface area contributed by atoms with Crippen LogP contribution in [0, 0.1) is 0 Å². The molecule has 1 aromatic heterocycles. The number of pyridine rings is 1. The van der Waals surface area contributed by atoms with Gasteiger partial charge < -0.3 is 19.7 Å². The zero-order chi connectivity index (χ0) is 20.4. The molecular weight excluding hydrogens is 407 g/mol. The van der Waals surface area contributed by atoms with Crippen LogP contribution in [0.3, 0.4) is 0 Å². The highest BCUT2D eigenvalue weighted by molar-refractivity contribution is 6.32. The molecule has 0 unspecified atom stereocenters. The number of rotatable bonds is 4. The summed E-state index contributed by atoms with van der Waals surface area (Å²) in [4.78, 5) is 6.00. The van der Waals surface area contributed by atoms with E-state index in [1.54, 1.807) is 0 Å². The highest BCUT2D eigenvalue weighted by Crippen LogP contribution is 2.38. The van der Waals surface area contributed by atoms with Gasteiger partial charge in [-0.1, -0.05) is 11.6 Å². The minimum Gasteiger partial charge on any atom is -0.486 e. The number of hydrogen-bond acceptors (Lipinski definition) is 5. The summed E-state index contributed by atoms with van der Waals surface area (Å²) in [6.45, 7) is 3.13. The lowest BCUT2D eigenvalue weighted by Crippen LogP contribution is -2.42. The molecule has 0 saturated carbocycles. The number of piperidine rings is 1. The van der Waals surface area contributed by atoms with Gasteiger partial charge in [-0.15, -0.1) is 0 Å². The molecular formula is C20H21ClF3N3O2. The second-order valence-corrected chi connectivity index (χ2v) is 7.55. The first-order valence-corrected chi connectivity index (χ1v) is 9.87. The van der Waals surface area contributed by atoms with Crippen LogP contribution >= 0.6 is 11.6 Å². The number of ether oxygens (including phenoxy) is 2. The third-order valence-electron chi connectivity index (χ3n) is 5.15. The lowest BCUT2D eigenvalue weighted by Gasteiger charge is -2.33. The monoisotopic (exact) mass is 427 g/mol. The third kappa shape index (κ3) is 4.70. The predicted octanol–water partition coefficient (Wildman–Crippen LogP) is 4.28. The van der Waals surface area contributed by atoms with Crippen LogP contribution in [0.2, 0.25) is 5.02 Å². The quantitative estimate of drug-likeness (QED) is 0.789. The summed E-state index contributed by atoms with van der Waals surface area (Å²) >= 11 is 6.28. The van der Waals surface area contributed by atoms with E-state index in [9.17, 15) is 13.2 Å². The Hall–Kier alpha value is -2.19. The molecule has 0 radical (unpaired) electrons. The fraction of sp³-hybridized carbons (Fsp3) is 0.450. The van der Waals surface area contributed by atoms with Crippen molar-refractivity contribution < 1.29 is 22.6 Å². The summed E-state index contributed by atoms with van der Waals surface area (Å²) in [5.41, 5.74) is 0.293. The highest BCUT2D eigenvalue weighted by atomic mass is 35.5. The highest BCUT2D eigenvalue weighted by Gasteiger charge is 2.31. The molecule has 1 fully saturated rings. The molecule has 0 atom stereocenters. The Labute approximate surface area is 171 Å². The molecule has 29 heavy (non-hydrogen) atoms. The number of nitrogens with one attached hydrogen (secondary N) is 1. The number of fused-ring (bicyclic) bond motifs is 1. The number of hydrogen-bond donors (Lipinski definition) is 1. The Morgan fingerprint density at radius 1 is 1.14 bits per heavy atom. The summed E-state index contributed by atoms with van der Waals surface area (Å²) in [7, 11) is 0. The van der Waals surface area contributed by atoms with Crippen molar-refractivity contribution in [2.45, 2.75) is 31.6 Å². The largest absolute Gasteiger partial charge is 0.486 e. The zero-order valence-electron chi connectivity index (χ0n) is 15.6. The standard InChI is InChI=1S/C20H21ClF3N3O2/c21-16-9-13(10-17-19(16)29-8-7-28-17)11-25-15-3-5-27(6-4-15)18-2-1-14(12-26-18)20(22,23)24/h1-2,9-10,12,15,25H,3-8,11H2. The Kier molecular flexibility index (Phi) is 5.74. The van der Waals surface area contributed by atoms with Crippen molar-refractivity contribution >= 4 is 17.4 Å². The van der Waals surface area contributed by atoms with Crippen LogP contribution in [0.1, 0.15) is 24.0 Å². The average molecular weight is 428 g/mol. The third-order valence-corrected chi connectivity index (χ3v) is 5.43. The van der Waals surface area contributed by atoms with Gasteiger partial charge in [0, 0.05) is 31.9 Å². The molecule has 1 aromatic carbocycles. The Morgan fingerprint density at radius 3 is 2.59 bits per heavy atom. The molecule has 2 aromatic rings. The van der Waals surface area contributed by atoms with E-state index in [1.165, 1.54) is 6.07 Å². The molecule has 4 rings (SSSR count). The first-order chi connectivity index (χ1) is 13.9. The second kappa shape index (κ2) is 8.28. The van der Waals surface area contributed by atoms with Crippen molar-refractivity contribution in [2.75, 3.05) is 31.2 Å². The smallest absolute Gasteiger partial charge is 0.417 e. The molecule has 156 valence electrons. The normalized spacial score (nSPS) is 17.4. The van der Waals surface area contributed by atoms with Crippen molar-refractivity contribution in [2.24, 2.45) is 0 Å². The predicted molar refractivity (Wildman–Crippen MR) is 104 cm³/mol. The van der Waals surface area contributed by atoms with Gasteiger partial charge in [0.2, 0.25) is 0 Å². The van der Waals surface area contributed by atoms with E-state index in [2.05, 4.69) is 10.3 Å². The van der Waals surface area contributed by atoms with Gasteiger partial charge in [-0.05, 0) is 42.7 Å². The maximum atomic E-state index is 12.7.